The SMILES string of the molecule is CCNc1cc(-n2ccc3c(-n4cnc(-c5cnn(C)c5)c4)cccc32)ccc1C(N)=O. The maximum absolute atomic E-state index is 11.8. The van der Waals surface area contributed by atoms with Gasteiger partial charge < -0.3 is 20.2 Å². The van der Waals surface area contributed by atoms with Gasteiger partial charge in [-0.3, -0.25) is 9.48 Å². The van der Waals surface area contributed by atoms with Crippen LogP contribution in [0.2, 0.25) is 0 Å². The number of benzene rings is 2. The van der Waals surface area contributed by atoms with Gasteiger partial charge in [-0.2, -0.15) is 5.10 Å². The summed E-state index contributed by atoms with van der Waals surface area (Å²) in [4.78, 5) is 16.3. The number of amides is 1. The summed E-state index contributed by atoms with van der Waals surface area (Å²) >= 11 is 0. The van der Waals surface area contributed by atoms with Crippen molar-refractivity contribution in [3.8, 4) is 22.6 Å². The molecule has 0 saturated carbocycles. The molecule has 0 radical (unpaired) electrons. The molecule has 3 aromatic heterocycles. The molecule has 3 heterocycles. The summed E-state index contributed by atoms with van der Waals surface area (Å²) in [6.45, 7) is 2.68. The van der Waals surface area contributed by atoms with Gasteiger partial charge in [0, 0.05) is 54.5 Å². The molecule has 0 fully saturated rings. The molecule has 3 N–H and O–H groups in total. The van der Waals surface area contributed by atoms with Crippen molar-refractivity contribution in [2.45, 2.75) is 6.92 Å². The number of aromatic nitrogens is 5. The van der Waals surface area contributed by atoms with Crippen LogP contribution in [0, 0.1) is 0 Å². The molecular weight excluding hydrogens is 402 g/mol. The van der Waals surface area contributed by atoms with Crippen molar-refractivity contribution >= 4 is 22.5 Å². The molecule has 0 spiro atoms. The van der Waals surface area contributed by atoms with Gasteiger partial charge in [0.05, 0.1) is 35.0 Å². The largest absolute Gasteiger partial charge is 0.385 e. The Balaban J connectivity index is 1.58. The minimum absolute atomic E-state index is 0.448. The van der Waals surface area contributed by atoms with Gasteiger partial charge in [0.25, 0.3) is 5.91 Å². The van der Waals surface area contributed by atoms with Crippen LogP contribution in [-0.2, 0) is 7.05 Å². The molecule has 0 saturated heterocycles. The van der Waals surface area contributed by atoms with Gasteiger partial charge in [0.1, 0.15) is 0 Å². The Hall–Kier alpha value is -4.33. The number of rotatable bonds is 6. The zero-order valence-electron chi connectivity index (χ0n) is 17.9. The third kappa shape index (κ3) is 3.31. The lowest BCUT2D eigenvalue weighted by atomic mass is 10.1. The first-order valence-electron chi connectivity index (χ1n) is 10.4. The van der Waals surface area contributed by atoms with Crippen molar-refractivity contribution in [1.82, 2.24) is 23.9 Å². The molecule has 5 aromatic rings. The van der Waals surface area contributed by atoms with E-state index in [2.05, 4.69) is 38.2 Å². The minimum atomic E-state index is -0.448. The van der Waals surface area contributed by atoms with Crippen molar-refractivity contribution < 1.29 is 4.79 Å². The van der Waals surface area contributed by atoms with Crippen LogP contribution in [0.25, 0.3) is 33.5 Å². The zero-order valence-corrected chi connectivity index (χ0v) is 17.9. The number of hydrogen-bond acceptors (Lipinski definition) is 4. The fourth-order valence-electron chi connectivity index (χ4n) is 3.99. The number of fused-ring (bicyclic) bond motifs is 1. The number of carbonyl (C=O) groups is 1. The lowest BCUT2D eigenvalue weighted by molar-refractivity contribution is 0.100. The lowest BCUT2D eigenvalue weighted by Gasteiger charge is -2.13. The number of imidazole rings is 1. The van der Waals surface area contributed by atoms with Crippen LogP contribution in [0.5, 0.6) is 0 Å². The Bertz CT molecular complexity index is 1440. The molecule has 8 nitrogen and oxygen atoms in total. The Kier molecular flexibility index (Phi) is 4.74. The third-order valence-electron chi connectivity index (χ3n) is 5.49. The van der Waals surface area contributed by atoms with E-state index >= 15 is 0 Å². The van der Waals surface area contributed by atoms with E-state index in [1.807, 2.05) is 61.7 Å². The summed E-state index contributed by atoms with van der Waals surface area (Å²) in [5, 5.41) is 8.55. The molecule has 0 atom stereocenters. The van der Waals surface area contributed by atoms with Crippen molar-refractivity contribution in [3.05, 3.63) is 79.1 Å². The molecule has 0 aliphatic rings. The third-order valence-corrected chi connectivity index (χ3v) is 5.49. The van der Waals surface area contributed by atoms with Gasteiger partial charge in [0.2, 0.25) is 0 Å². The van der Waals surface area contributed by atoms with Crippen LogP contribution in [0.4, 0.5) is 5.69 Å². The normalized spacial score (nSPS) is 11.2. The van der Waals surface area contributed by atoms with Gasteiger partial charge in [-0.1, -0.05) is 6.07 Å². The highest BCUT2D eigenvalue weighted by atomic mass is 16.1. The first kappa shape index (κ1) is 19.6. The van der Waals surface area contributed by atoms with E-state index in [1.165, 1.54) is 0 Å². The Morgan fingerprint density at radius 2 is 2.03 bits per heavy atom. The predicted octanol–water partition coefficient (Wildman–Crippen LogP) is 3.75. The number of nitrogens with one attached hydrogen (secondary N) is 1. The first-order chi connectivity index (χ1) is 15.5. The second-order valence-electron chi connectivity index (χ2n) is 7.59. The lowest BCUT2D eigenvalue weighted by Crippen LogP contribution is -2.14. The number of hydrogen-bond donors (Lipinski definition) is 2. The summed E-state index contributed by atoms with van der Waals surface area (Å²) in [5.74, 6) is -0.448. The van der Waals surface area contributed by atoms with Crippen molar-refractivity contribution in [3.63, 3.8) is 0 Å². The fourth-order valence-corrected chi connectivity index (χ4v) is 3.99. The van der Waals surface area contributed by atoms with Crippen LogP contribution in [0.3, 0.4) is 0 Å². The highest BCUT2D eigenvalue weighted by molar-refractivity contribution is 5.99. The maximum Gasteiger partial charge on any atom is 0.250 e. The number of aryl methyl sites for hydroxylation is 1. The number of nitrogens with zero attached hydrogens (tertiary/aromatic N) is 5. The van der Waals surface area contributed by atoms with Gasteiger partial charge in [-0.25, -0.2) is 4.98 Å². The van der Waals surface area contributed by atoms with E-state index < -0.39 is 5.91 Å². The Morgan fingerprint density at radius 3 is 2.78 bits per heavy atom. The van der Waals surface area contributed by atoms with Crippen molar-refractivity contribution in [1.29, 1.82) is 0 Å². The van der Waals surface area contributed by atoms with Crippen molar-refractivity contribution in [2.75, 3.05) is 11.9 Å². The van der Waals surface area contributed by atoms with E-state index in [-0.39, 0.29) is 0 Å². The average Bonchev–Trinajstić information content (AvgIpc) is 3.52. The summed E-state index contributed by atoms with van der Waals surface area (Å²) in [6.07, 6.45) is 9.61. The van der Waals surface area contributed by atoms with Crippen LogP contribution in [0.1, 0.15) is 17.3 Å². The number of primary amides is 1. The highest BCUT2D eigenvalue weighted by Gasteiger charge is 2.13. The molecule has 160 valence electrons. The van der Waals surface area contributed by atoms with Gasteiger partial charge in [-0.05, 0) is 43.3 Å². The van der Waals surface area contributed by atoms with Gasteiger partial charge in [0.15, 0.2) is 0 Å². The van der Waals surface area contributed by atoms with E-state index in [0.29, 0.717) is 12.1 Å². The summed E-state index contributed by atoms with van der Waals surface area (Å²) < 4.78 is 5.89. The maximum atomic E-state index is 11.8. The van der Waals surface area contributed by atoms with Gasteiger partial charge in [-0.15, -0.1) is 0 Å². The predicted molar refractivity (Wildman–Crippen MR) is 125 cm³/mol. The molecule has 0 aliphatic heterocycles. The van der Waals surface area contributed by atoms with Gasteiger partial charge >= 0.3 is 0 Å². The van der Waals surface area contributed by atoms with Crippen LogP contribution in [0.15, 0.2) is 73.6 Å². The Labute approximate surface area is 184 Å². The summed E-state index contributed by atoms with van der Waals surface area (Å²) in [6, 6.07) is 13.9. The van der Waals surface area contributed by atoms with Crippen LogP contribution in [-0.4, -0.2) is 36.4 Å². The minimum Gasteiger partial charge on any atom is -0.385 e. The smallest absolute Gasteiger partial charge is 0.250 e. The molecule has 5 rings (SSSR count). The topological polar surface area (TPSA) is 95.7 Å². The van der Waals surface area contributed by atoms with Crippen LogP contribution >= 0.6 is 0 Å². The molecule has 8 heteroatoms. The zero-order chi connectivity index (χ0) is 22.2. The van der Waals surface area contributed by atoms with Crippen LogP contribution < -0.4 is 11.1 Å². The monoisotopic (exact) mass is 425 g/mol. The Morgan fingerprint density at radius 1 is 1.16 bits per heavy atom. The van der Waals surface area contributed by atoms with Crippen molar-refractivity contribution in [2.24, 2.45) is 12.8 Å². The summed E-state index contributed by atoms with van der Waals surface area (Å²) in [5.41, 5.74) is 11.6. The van der Waals surface area contributed by atoms with E-state index in [4.69, 9.17) is 5.73 Å². The standard InChI is InChI=1S/C24H23N7O/c1-3-26-20-11-17(7-8-18(20)24(25)32)31-10-9-19-22(5-4-6-23(19)31)30-14-21(27-15-30)16-12-28-29(2)13-16/h4-15,26H,3H2,1-2H3,(H2,25,32). The van der Waals surface area contributed by atoms with E-state index in [1.54, 1.807) is 16.9 Å². The fraction of sp³-hybridized carbons (Fsp3) is 0.125. The second kappa shape index (κ2) is 7.73. The van der Waals surface area contributed by atoms with E-state index in [0.717, 1.165) is 39.2 Å². The molecule has 1 amide bonds. The number of anilines is 1. The molecule has 32 heavy (non-hydrogen) atoms. The molecule has 0 unspecified atom stereocenters. The summed E-state index contributed by atoms with van der Waals surface area (Å²) in [7, 11) is 1.89. The number of carbonyl (C=O) groups excluding carboxylic acids is 1. The molecular formula is C24H23N7O. The quantitative estimate of drug-likeness (QED) is 0.433. The highest BCUT2D eigenvalue weighted by Crippen LogP contribution is 2.29. The van der Waals surface area contributed by atoms with E-state index in [9.17, 15) is 4.79 Å². The molecule has 2 aromatic carbocycles. The molecule has 0 aliphatic carbocycles. The first-order valence-corrected chi connectivity index (χ1v) is 10.4. The average molecular weight is 425 g/mol. The second-order valence-corrected chi connectivity index (χ2v) is 7.59. The molecule has 0 bridgehead atoms. The number of nitrogens with two attached hydrogens (primary N) is 1.